The zero-order valence-electron chi connectivity index (χ0n) is 13.8. The highest BCUT2D eigenvalue weighted by atomic mass is 16.5. The van der Waals surface area contributed by atoms with Crippen molar-refractivity contribution in [2.45, 2.75) is 31.2 Å². The Morgan fingerprint density at radius 2 is 1.92 bits per heavy atom. The van der Waals surface area contributed by atoms with Gasteiger partial charge in [-0.25, -0.2) is 0 Å². The first-order valence-corrected chi connectivity index (χ1v) is 8.19. The van der Waals surface area contributed by atoms with Crippen LogP contribution in [0.25, 0.3) is 11.1 Å². The predicted octanol–water partition coefficient (Wildman–Crippen LogP) is 2.79. The van der Waals surface area contributed by atoms with E-state index in [9.17, 15) is 9.90 Å². The van der Waals surface area contributed by atoms with E-state index < -0.39 is 5.54 Å². The van der Waals surface area contributed by atoms with Crippen molar-refractivity contribution in [2.75, 3.05) is 13.7 Å². The summed E-state index contributed by atoms with van der Waals surface area (Å²) in [6.45, 7) is -0.0235. The van der Waals surface area contributed by atoms with Gasteiger partial charge in [0.15, 0.2) is 0 Å². The van der Waals surface area contributed by atoms with Crippen LogP contribution in [0, 0.1) is 0 Å². The van der Waals surface area contributed by atoms with E-state index >= 15 is 0 Å². The molecule has 1 aliphatic carbocycles. The average molecular weight is 326 g/mol. The molecule has 1 aromatic heterocycles. The largest absolute Gasteiger partial charge is 0.497 e. The molecule has 126 valence electrons. The summed E-state index contributed by atoms with van der Waals surface area (Å²) >= 11 is 0. The van der Waals surface area contributed by atoms with Crippen LogP contribution in [-0.4, -0.2) is 35.3 Å². The van der Waals surface area contributed by atoms with E-state index in [0.29, 0.717) is 5.56 Å². The first kappa shape index (κ1) is 16.5. The van der Waals surface area contributed by atoms with Crippen molar-refractivity contribution < 1.29 is 14.6 Å². The molecule has 5 heteroatoms. The lowest BCUT2D eigenvalue weighted by Gasteiger charge is -2.28. The van der Waals surface area contributed by atoms with E-state index in [1.165, 1.54) is 0 Å². The Labute approximate surface area is 141 Å². The molecule has 3 rings (SSSR count). The molecule has 5 nitrogen and oxygen atoms in total. The molecule has 1 aliphatic rings. The van der Waals surface area contributed by atoms with Crippen molar-refractivity contribution in [3.05, 3.63) is 48.3 Å². The van der Waals surface area contributed by atoms with Gasteiger partial charge in [-0.15, -0.1) is 0 Å². The molecule has 0 atom stereocenters. The number of carbonyl (C=O) groups is 1. The minimum atomic E-state index is -0.479. The second-order valence-corrected chi connectivity index (χ2v) is 6.29. The van der Waals surface area contributed by atoms with Gasteiger partial charge in [0.2, 0.25) is 0 Å². The number of rotatable bonds is 5. The van der Waals surface area contributed by atoms with E-state index in [1.54, 1.807) is 19.5 Å². The Morgan fingerprint density at radius 1 is 1.21 bits per heavy atom. The number of nitrogens with zero attached hydrogens (tertiary/aromatic N) is 1. The lowest BCUT2D eigenvalue weighted by molar-refractivity contribution is 0.0838. The molecule has 0 radical (unpaired) electrons. The predicted molar refractivity (Wildman–Crippen MR) is 92.0 cm³/mol. The molecule has 24 heavy (non-hydrogen) atoms. The number of ether oxygens (including phenoxy) is 1. The number of aromatic nitrogens is 1. The van der Waals surface area contributed by atoms with Gasteiger partial charge < -0.3 is 15.2 Å². The fraction of sp³-hybridized carbons (Fsp3) is 0.368. The molecule has 0 unspecified atom stereocenters. The summed E-state index contributed by atoms with van der Waals surface area (Å²) in [6, 6.07) is 9.44. The molecule has 1 aromatic carbocycles. The number of carbonyl (C=O) groups excluding carboxylic acids is 1. The Kier molecular flexibility index (Phi) is 4.81. The highest BCUT2D eigenvalue weighted by Crippen LogP contribution is 2.29. The second kappa shape index (κ2) is 7.01. The maximum absolute atomic E-state index is 12.6. The van der Waals surface area contributed by atoms with Crippen LogP contribution in [0.4, 0.5) is 0 Å². The Bertz CT molecular complexity index is 707. The fourth-order valence-corrected chi connectivity index (χ4v) is 3.19. The minimum Gasteiger partial charge on any atom is -0.497 e. The number of hydrogen-bond donors (Lipinski definition) is 2. The number of benzene rings is 1. The topological polar surface area (TPSA) is 71.5 Å². The monoisotopic (exact) mass is 326 g/mol. The first-order valence-electron chi connectivity index (χ1n) is 8.19. The number of pyridine rings is 1. The molecule has 0 saturated heterocycles. The molecule has 1 fully saturated rings. The summed E-state index contributed by atoms with van der Waals surface area (Å²) in [5.74, 6) is 0.598. The van der Waals surface area contributed by atoms with Crippen LogP contribution in [0.2, 0.25) is 0 Å². The van der Waals surface area contributed by atoms with Crippen LogP contribution >= 0.6 is 0 Å². The van der Waals surface area contributed by atoms with E-state index in [4.69, 9.17) is 4.74 Å². The molecule has 0 bridgehead atoms. The van der Waals surface area contributed by atoms with Gasteiger partial charge in [0.25, 0.3) is 5.91 Å². The smallest absolute Gasteiger partial charge is 0.253 e. The molecular weight excluding hydrogens is 304 g/mol. The van der Waals surface area contributed by atoms with Gasteiger partial charge in [0, 0.05) is 18.0 Å². The van der Waals surface area contributed by atoms with Gasteiger partial charge >= 0.3 is 0 Å². The van der Waals surface area contributed by atoms with E-state index in [0.717, 1.165) is 42.6 Å². The van der Waals surface area contributed by atoms with Gasteiger partial charge in [-0.3, -0.25) is 9.78 Å². The van der Waals surface area contributed by atoms with Gasteiger partial charge in [0.1, 0.15) is 5.75 Å². The lowest BCUT2D eigenvalue weighted by atomic mass is 9.98. The number of methoxy groups -OCH3 is 1. The van der Waals surface area contributed by atoms with Gasteiger partial charge in [-0.2, -0.15) is 0 Å². The van der Waals surface area contributed by atoms with Crippen LogP contribution in [-0.2, 0) is 0 Å². The van der Waals surface area contributed by atoms with Crippen molar-refractivity contribution >= 4 is 5.91 Å². The summed E-state index contributed by atoms with van der Waals surface area (Å²) < 4.78 is 5.16. The zero-order valence-corrected chi connectivity index (χ0v) is 13.8. The molecule has 1 amide bonds. The van der Waals surface area contributed by atoms with Crippen molar-refractivity contribution in [3.63, 3.8) is 0 Å². The van der Waals surface area contributed by atoms with Crippen LogP contribution in [0.15, 0.2) is 42.7 Å². The van der Waals surface area contributed by atoms with E-state index in [2.05, 4.69) is 10.3 Å². The zero-order chi connectivity index (χ0) is 17.0. The number of nitrogens with one attached hydrogen (secondary N) is 1. The molecule has 0 spiro atoms. The highest BCUT2D eigenvalue weighted by Gasteiger charge is 2.34. The minimum absolute atomic E-state index is 0.0235. The second-order valence-electron chi connectivity index (χ2n) is 6.29. The Hall–Kier alpha value is -2.40. The van der Waals surface area contributed by atoms with Crippen LogP contribution in [0.5, 0.6) is 5.75 Å². The molecule has 0 aliphatic heterocycles. The first-order chi connectivity index (χ1) is 11.7. The molecular formula is C19H22N2O3. The summed E-state index contributed by atoms with van der Waals surface area (Å²) in [5.41, 5.74) is 1.86. The third-order valence-electron chi connectivity index (χ3n) is 4.67. The average Bonchev–Trinajstić information content (AvgIpc) is 3.11. The van der Waals surface area contributed by atoms with Crippen molar-refractivity contribution in [2.24, 2.45) is 0 Å². The quantitative estimate of drug-likeness (QED) is 0.886. The van der Waals surface area contributed by atoms with E-state index in [-0.39, 0.29) is 12.5 Å². The number of amides is 1. The molecule has 1 heterocycles. The Morgan fingerprint density at radius 3 is 2.54 bits per heavy atom. The summed E-state index contributed by atoms with van der Waals surface area (Å²) in [7, 11) is 1.63. The van der Waals surface area contributed by atoms with Gasteiger partial charge in [-0.05, 0) is 36.6 Å². The van der Waals surface area contributed by atoms with Crippen molar-refractivity contribution in [3.8, 4) is 16.9 Å². The maximum atomic E-state index is 12.6. The van der Waals surface area contributed by atoms with Crippen molar-refractivity contribution in [1.82, 2.24) is 10.3 Å². The third-order valence-corrected chi connectivity index (χ3v) is 4.67. The molecule has 2 N–H and O–H groups in total. The number of aliphatic hydroxyl groups is 1. The van der Waals surface area contributed by atoms with E-state index in [1.807, 2.05) is 30.3 Å². The standard InChI is InChI=1S/C19H22N2O3/c1-24-17-6-4-14(5-7-17)15-10-16(12-20-11-15)18(23)21-19(13-22)8-2-3-9-19/h4-7,10-12,22H,2-3,8-9,13H2,1H3,(H,21,23). The van der Waals surface area contributed by atoms with Crippen LogP contribution < -0.4 is 10.1 Å². The normalized spacial score (nSPS) is 15.9. The molecule has 1 saturated carbocycles. The SMILES string of the molecule is COc1ccc(-c2cncc(C(=O)NC3(CO)CCCC3)c2)cc1. The van der Waals surface area contributed by atoms with Crippen LogP contribution in [0.1, 0.15) is 36.0 Å². The van der Waals surface area contributed by atoms with Gasteiger partial charge in [0.05, 0.1) is 24.8 Å². The molecule has 2 aromatic rings. The van der Waals surface area contributed by atoms with Crippen molar-refractivity contribution in [1.29, 1.82) is 0 Å². The summed E-state index contributed by atoms with van der Waals surface area (Å²) in [6.07, 6.45) is 7.00. The Balaban J connectivity index is 1.80. The number of hydrogen-bond acceptors (Lipinski definition) is 4. The maximum Gasteiger partial charge on any atom is 0.253 e. The summed E-state index contributed by atoms with van der Waals surface area (Å²) in [4.78, 5) is 16.8. The van der Waals surface area contributed by atoms with Crippen LogP contribution in [0.3, 0.4) is 0 Å². The third kappa shape index (κ3) is 3.41. The summed E-state index contributed by atoms with van der Waals surface area (Å²) in [5, 5.41) is 12.7. The highest BCUT2D eigenvalue weighted by molar-refractivity contribution is 5.95. The lowest BCUT2D eigenvalue weighted by Crippen LogP contribution is -2.49. The van der Waals surface area contributed by atoms with Gasteiger partial charge in [-0.1, -0.05) is 25.0 Å². The fourth-order valence-electron chi connectivity index (χ4n) is 3.19. The number of aliphatic hydroxyl groups excluding tert-OH is 1.